The average molecular weight is 480 g/mol. The second-order valence-electron chi connectivity index (χ2n) is 8.30. The predicted molar refractivity (Wildman–Crippen MR) is 122 cm³/mol. The SMILES string of the molecule is CC(C)CC(NC(=O)C(Cc1ccccc1)NC(=O)C(CC(N)=O)NC(=O)C(N)CO)C(=O)O. The number of carboxylic acids is 1. The molecule has 0 heterocycles. The number of nitrogens with two attached hydrogens (primary N) is 2. The minimum atomic E-state index is -1.46. The van der Waals surface area contributed by atoms with Crippen LogP contribution in [-0.2, 0) is 30.4 Å². The first-order chi connectivity index (χ1) is 15.9. The summed E-state index contributed by atoms with van der Waals surface area (Å²) in [6.45, 7) is 2.92. The molecule has 4 unspecified atom stereocenters. The highest BCUT2D eigenvalue weighted by Gasteiger charge is 2.31. The van der Waals surface area contributed by atoms with E-state index >= 15 is 0 Å². The number of carbonyl (C=O) groups is 5. The molecule has 0 bridgehead atoms. The molecule has 12 heteroatoms. The number of hydrogen-bond donors (Lipinski definition) is 7. The third kappa shape index (κ3) is 9.96. The summed E-state index contributed by atoms with van der Waals surface area (Å²) in [7, 11) is 0. The zero-order valence-electron chi connectivity index (χ0n) is 19.2. The molecule has 9 N–H and O–H groups in total. The average Bonchev–Trinajstić information content (AvgIpc) is 2.76. The van der Waals surface area contributed by atoms with Crippen molar-refractivity contribution >= 4 is 29.6 Å². The number of carbonyl (C=O) groups excluding carboxylic acids is 4. The van der Waals surface area contributed by atoms with E-state index in [9.17, 15) is 29.1 Å². The van der Waals surface area contributed by atoms with Gasteiger partial charge >= 0.3 is 5.97 Å². The fourth-order valence-corrected chi connectivity index (χ4v) is 3.07. The molecule has 4 atom stereocenters. The van der Waals surface area contributed by atoms with Crippen LogP contribution in [0.15, 0.2) is 30.3 Å². The number of primary amides is 1. The molecular formula is C22H33N5O7. The molecule has 0 aliphatic heterocycles. The minimum absolute atomic E-state index is 0.0137. The normalized spacial score (nSPS) is 14.4. The van der Waals surface area contributed by atoms with Gasteiger partial charge in [0, 0.05) is 6.42 Å². The Morgan fingerprint density at radius 3 is 1.91 bits per heavy atom. The standard InChI is InChI=1S/C22H33N5O7/c1-12(2)8-17(22(33)34)27-20(31)15(9-13-6-4-3-5-7-13)26-21(32)16(10-18(24)29)25-19(30)14(23)11-28/h3-7,12,14-17,28H,8-11,23H2,1-2H3,(H2,24,29)(H,25,30)(H,26,32)(H,27,31)(H,33,34). The van der Waals surface area contributed by atoms with Gasteiger partial charge in [-0.15, -0.1) is 0 Å². The quantitative estimate of drug-likeness (QED) is 0.158. The van der Waals surface area contributed by atoms with Crippen LogP contribution in [0.25, 0.3) is 0 Å². The summed E-state index contributed by atoms with van der Waals surface area (Å²) < 4.78 is 0. The molecule has 0 saturated carbocycles. The lowest BCUT2D eigenvalue weighted by molar-refractivity contribution is -0.143. The van der Waals surface area contributed by atoms with Gasteiger partial charge in [0.2, 0.25) is 23.6 Å². The van der Waals surface area contributed by atoms with Crippen LogP contribution in [-0.4, -0.2) is 70.6 Å². The van der Waals surface area contributed by atoms with E-state index in [-0.39, 0.29) is 18.8 Å². The zero-order chi connectivity index (χ0) is 25.8. The smallest absolute Gasteiger partial charge is 0.326 e. The van der Waals surface area contributed by atoms with E-state index in [4.69, 9.17) is 16.6 Å². The molecule has 188 valence electrons. The van der Waals surface area contributed by atoms with Gasteiger partial charge in [-0.1, -0.05) is 44.2 Å². The van der Waals surface area contributed by atoms with Gasteiger partial charge in [-0.2, -0.15) is 0 Å². The second kappa shape index (κ2) is 13.9. The fraction of sp³-hybridized carbons (Fsp3) is 0.500. The Hall–Kier alpha value is -3.51. The topological polar surface area (TPSA) is 214 Å². The number of nitrogens with one attached hydrogen (secondary N) is 3. The van der Waals surface area contributed by atoms with Crippen LogP contribution < -0.4 is 27.4 Å². The molecule has 34 heavy (non-hydrogen) atoms. The highest BCUT2D eigenvalue weighted by atomic mass is 16.4. The first-order valence-corrected chi connectivity index (χ1v) is 10.8. The van der Waals surface area contributed by atoms with Crippen molar-refractivity contribution in [1.82, 2.24) is 16.0 Å². The van der Waals surface area contributed by atoms with E-state index < -0.39 is 66.8 Å². The Kier molecular flexibility index (Phi) is 11.7. The number of aliphatic hydroxyl groups excluding tert-OH is 1. The van der Waals surface area contributed by atoms with Crippen molar-refractivity contribution in [2.45, 2.75) is 57.3 Å². The Bertz CT molecular complexity index is 862. The van der Waals surface area contributed by atoms with Crippen LogP contribution >= 0.6 is 0 Å². The number of hydrogen-bond acceptors (Lipinski definition) is 7. The van der Waals surface area contributed by atoms with E-state index in [1.807, 2.05) is 0 Å². The van der Waals surface area contributed by atoms with Crippen LogP contribution in [0.4, 0.5) is 0 Å². The molecule has 1 aromatic carbocycles. The number of amides is 4. The van der Waals surface area contributed by atoms with Crippen LogP contribution in [0.5, 0.6) is 0 Å². The lowest BCUT2D eigenvalue weighted by Crippen LogP contribution is -2.58. The number of carboxylic acid groups (broad SMARTS) is 1. The fourth-order valence-electron chi connectivity index (χ4n) is 3.07. The highest BCUT2D eigenvalue weighted by Crippen LogP contribution is 2.08. The van der Waals surface area contributed by atoms with Gasteiger partial charge in [-0.05, 0) is 17.9 Å². The van der Waals surface area contributed by atoms with Crippen molar-refractivity contribution in [2.75, 3.05) is 6.61 Å². The Balaban J connectivity index is 3.12. The van der Waals surface area contributed by atoms with Crippen molar-refractivity contribution in [3.8, 4) is 0 Å². The number of rotatable bonds is 14. The van der Waals surface area contributed by atoms with Crippen molar-refractivity contribution in [3.05, 3.63) is 35.9 Å². The van der Waals surface area contributed by atoms with Gasteiger partial charge in [0.25, 0.3) is 0 Å². The van der Waals surface area contributed by atoms with Gasteiger partial charge in [-0.25, -0.2) is 4.79 Å². The van der Waals surface area contributed by atoms with Gasteiger partial charge in [0.15, 0.2) is 0 Å². The summed E-state index contributed by atoms with van der Waals surface area (Å²) in [5.74, 6) is -4.68. The molecule has 0 aliphatic rings. The van der Waals surface area contributed by atoms with Crippen molar-refractivity contribution in [1.29, 1.82) is 0 Å². The van der Waals surface area contributed by atoms with Gasteiger partial charge < -0.3 is 37.6 Å². The molecule has 0 saturated heterocycles. The summed E-state index contributed by atoms with van der Waals surface area (Å²) in [5, 5.41) is 25.6. The molecule has 4 amide bonds. The Morgan fingerprint density at radius 1 is 0.882 bits per heavy atom. The van der Waals surface area contributed by atoms with E-state index in [0.717, 1.165) is 0 Å². The Morgan fingerprint density at radius 2 is 1.41 bits per heavy atom. The van der Waals surface area contributed by atoms with Crippen LogP contribution in [0.3, 0.4) is 0 Å². The molecule has 1 aromatic rings. The highest BCUT2D eigenvalue weighted by molar-refractivity contribution is 5.96. The molecule has 0 fully saturated rings. The molecule has 1 rings (SSSR count). The zero-order valence-corrected chi connectivity index (χ0v) is 19.2. The first kappa shape index (κ1) is 28.5. The van der Waals surface area contributed by atoms with Crippen molar-refractivity contribution in [3.63, 3.8) is 0 Å². The largest absolute Gasteiger partial charge is 0.480 e. The third-order valence-corrected chi connectivity index (χ3v) is 4.81. The summed E-state index contributed by atoms with van der Waals surface area (Å²) in [4.78, 5) is 60.9. The molecule has 0 aromatic heterocycles. The lowest BCUT2D eigenvalue weighted by atomic mass is 10.0. The number of aliphatic hydroxyl groups is 1. The molecule has 0 aliphatic carbocycles. The number of benzene rings is 1. The molecule has 12 nitrogen and oxygen atoms in total. The van der Waals surface area contributed by atoms with Crippen LogP contribution in [0, 0.1) is 5.92 Å². The summed E-state index contributed by atoms with van der Waals surface area (Å²) in [5.41, 5.74) is 11.3. The van der Waals surface area contributed by atoms with Gasteiger partial charge in [-0.3, -0.25) is 19.2 Å². The summed E-state index contributed by atoms with van der Waals surface area (Å²) in [6.07, 6.45) is -0.396. The first-order valence-electron chi connectivity index (χ1n) is 10.8. The maximum Gasteiger partial charge on any atom is 0.326 e. The van der Waals surface area contributed by atoms with E-state index in [1.54, 1.807) is 44.2 Å². The maximum atomic E-state index is 13.0. The summed E-state index contributed by atoms with van der Waals surface area (Å²) >= 11 is 0. The maximum absolute atomic E-state index is 13.0. The van der Waals surface area contributed by atoms with Gasteiger partial charge in [0.1, 0.15) is 24.2 Å². The Labute approximate surface area is 197 Å². The minimum Gasteiger partial charge on any atom is -0.480 e. The van der Waals surface area contributed by atoms with E-state index in [0.29, 0.717) is 5.56 Å². The van der Waals surface area contributed by atoms with Crippen molar-refractivity contribution in [2.24, 2.45) is 17.4 Å². The monoisotopic (exact) mass is 479 g/mol. The van der Waals surface area contributed by atoms with E-state index in [2.05, 4.69) is 16.0 Å². The van der Waals surface area contributed by atoms with Crippen molar-refractivity contribution < 1.29 is 34.2 Å². The summed E-state index contributed by atoms with van der Waals surface area (Å²) in [6, 6.07) is 3.49. The second-order valence-corrected chi connectivity index (χ2v) is 8.30. The molecule has 0 radical (unpaired) electrons. The molecular weight excluding hydrogens is 446 g/mol. The van der Waals surface area contributed by atoms with Crippen LogP contribution in [0.2, 0.25) is 0 Å². The van der Waals surface area contributed by atoms with Crippen LogP contribution in [0.1, 0.15) is 32.3 Å². The lowest BCUT2D eigenvalue weighted by Gasteiger charge is -2.25. The number of aliphatic carboxylic acids is 1. The third-order valence-electron chi connectivity index (χ3n) is 4.81. The molecule has 0 spiro atoms. The van der Waals surface area contributed by atoms with E-state index in [1.165, 1.54) is 0 Å². The predicted octanol–water partition coefficient (Wildman–Crippen LogP) is -1.99. The van der Waals surface area contributed by atoms with Gasteiger partial charge in [0.05, 0.1) is 13.0 Å².